The molecule has 15 nitrogen and oxygen atoms in total. The summed E-state index contributed by atoms with van der Waals surface area (Å²) in [6.45, 7) is 0.699. The molecular weight excluding hydrogens is 576 g/mol. The highest BCUT2D eigenvalue weighted by Gasteiger charge is 2.51. The Morgan fingerprint density at radius 3 is 2.30 bits per heavy atom. The van der Waals surface area contributed by atoms with Crippen LogP contribution in [0.3, 0.4) is 0 Å². The number of carbonyl (C=O) groups is 1. The highest BCUT2D eigenvalue weighted by molar-refractivity contribution is 6.02. The van der Waals surface area contributed by atoms with Crippen molar-refractivity contribution in [2.75, 3.05) is 13.7 Å². The minimum Gasteiger partial charge on any atom is -0.507 e. The predicted molar refractivity (Wildman–Crippen MR) is 141 cm³/mol. The molecule has 0 radical (unpaired) electrons. The van der Waals surface area contributed by atoms with Crippen molar-refractivity contribution in [2.45, 2.75) is 80.9 Å². The van der Waals surface area contributed by atoms with Crippen LogP contribution in [0.5, 0.6) is 28.7 Å². The van der Waals surface area contributed by atoms with Crippen molar-refractivity contribution in [3.8, 4) is 28.7 Å². The molecule has 0 bridgehead atoms. The second-order valence-electron chi connectivity index (χ2n) is 10.6. The number of hydrogen-bond donors (Lipinski definition) is 8. The third-order valence-electron chi connectivity index (χ3n) is 7.72. The summed E-state index contributed by atoms with van der Waals surface area (Å²) in [5, 5.41) is 82.4. The normalized spacial score (nSPS) is 36.0. The number of carbonyl (C=O) groups excluding carboxylic acids is 1. The van der Waals surface area contributed by atoms with Gasteiger partial charge in [0.15, 0.2) is 29.7 Å². The van der Waals surface area contributed by atoms with E-state index in [1.807, 2.05) is 0 Å². The molecule has 0 aliphatic carbocycles. The second kappa shape index (κ2) is 12.4. The third kappa shape index (κ3) is 5.95. The van der Waals surface area contributed by atoms with Crippen LogP contribution in [-0.2, 0) is 14.2 Å². The van der Waals surface area contributed by atoms with Crippen molar-refractivity contribution < 1.29 is 74.1 Å². The Kier molecular flexibility index (Phi) is 8.99. The highest BCUT2D eigenvalue weighted by atomic mass is 16.8. The van der Waals surface area contributed by atoms with Crippen molar-refractivity contribution in [1.29, 1.82) is 0 Å². The van der Waals surface area contributed by atoms with Gasteiger partial charge in [0.2, 0.25) is 6.29 Å². The zero-order valence-corrected chi connectivity index (χ0v) is 23.1. The van der Waals surface area contributed by atoms with Crippen LogP contribution < -0.4 is 14.2 Å². The Morgan fingerprint density at radius 1 is 0.884 bits per heavy atom. The van der Waals surface area contributed by atoms with E-state index in [9.17, 15) is 45.6 Å². The number of ketones is 1. The number of rotatable bonds is 7. The van der Waals surface area contributed by atoms with E-state index in [2.05, 4.69) is 0 Å². The van der Waals surface area contributed by atoms with Crippen LogP contribution >= 0.6 is 0 Å². The Labute approximate surface area is 245 Å². The van der Waals surface area contributed by atoms with Crippen molar-refractivity contribution >= 4 is 5.78 Å². The van der Waals surface area contributed by atoms with Gasteiger partial charge >= 0.3 is 0 Å². The maximum absolute atomic E-state index is 13.0. The van der Waals surface area contributed by atoms with Gasteiger partial charge in [0.05, 0.1) is 26.2 Å². The zero-order valence-electron chi connectivity index (χ0n) is 23.1. The van der Waals surface area contributed by atoms with E-state index in [1.165, 1.54) is 32.2 Å². The minimum atomic E-state index is -1.76. The average molecular weight is 611 g/mol. The lowest BCUT2D eigenvalue weighted by molar-refractivity contribution is -0.354. The summed E-state index contributed by atoms with van der Waals surface area (Å²) in [6, 6.07) is 6.89. The zero-order chi connectivity index (χ0) is 31.2. The van der Waals surface area contributed by atoms with Gasteiger partial charge in [-0.25, -0.2) is 0 Å². The maximum Gasteiger partial charge on any atom is 0.229 e. The summed E-state index contributed by atoms with van der Waals surface area (Å²) < 4.78 is 33.7. The SMILES string of the molecule is COc1ccc([C@@H]2CC(=O)c3c(O)cc(O[C@@H]4O[C@@H](CO)[C@@H](O)[C@@H](O)[C@H]4O[C@@H]4O[C@@H](C)[C@H](O)[C@H](O)[C@@H]4O)cc3O2)cc1O. The summed E-state index contributed by atoms with van der Waals surface area (Å²) in [5.74, 6) is -1.06. The maximum atomic E-state index is 13.0. The topological polar surface area (TPSA) is 234 Å². The first-order chi connectivity index (χ1) is 20.4. The Hall–Kier alpha value is -3.25. The fraction of sp³-hybridized carbons (Fsp3) is 0.536. The molecule has 236 valence electrons. The van der Waals surface area contributed by atoms with Crippen LogP contribution in [0.15, 0.2) is 30.3 Å². The molecule has 5 rings (SSSR count). The van der Waals surface area contributed by atoms with Gasteiger partial charge in [-0.1, -0.05) is 6.07 Å². The van der Waals surface area contributed by atoms with E-state index in [4.69, 9.17) is 28.4 Å². The van der Waals surface area contributed by atoms with Crippen molar-refractivity contribution in [2.24, 2.45) is 0 Å². The lowest BCUT2D eigenvalue weighted by atomic mass is 9.95. The molecule has 3 aliphatic heterocycles. The molecule has 43 heavy (non-hydrogen) atoms. The van der Waals surface area contributed by atoms with Gasteiger partial charge in [-0.15, -0.1) is 0 Å². The van der Waals surface area contributed by atoms with Gasteiger partial charge in [0.25, 0.3) is 0 Å². The van der Waals surface area contributed by atoms with Crippen LogP contribution in [0.25, 0.3) is 0 Å². The van der Waals surface area contributed by atoms with Gasteiger partial charge in [-0.3, -0.25) is 4.79 Å². The predicted octanol–water partition coefficient (Wildman–Crippen LogP) is -1.16. The number of aliphatic hydroxyl groups excluding tert-OH is 6. The molecule has 3 heterocycles. The smallest absolute Gasteiger partial charge is 0.229 e. The number of phenols is 2. The number of aromatic hydroxyl groups is 2. The summed E-state index contributed by atoms with van der Waals surface area (Å²) in [6.07, 6.45) is -16.3. The largest absolute Gasteiger partial charge is 0.507 e. The lowest BCUT2D eigenvalue weighted by Crippen LogP contribution is -2.64. The number of hydrogen-bond acceptors (Lipinski definition) is 15. The molecule has 3 aliphatic rings. The van der Waals surface area contributed by atoms with Crippen molar-refractivity contribution in [3.05, 3.63) is 41.5 Å². The molecule has 15 heteroatoms. The van der Waals surface area contributed by atoms with E-state index in [0.717, 1.165) is 6.07 Å². The first kappa shape index (κ1) is 31.2. The van der Waals surface area contributed by atoms with Gasteiger partial charge in [-0.05, 0) is 24.6 Å². The molecule has 0 saturated carbocycles. The number of phenolic OH excluding ortho intramolecular Hbond substituents is 2. The third-order valence-corrected chi connectivity index (χ3v) is 7.72. The highest BCUT2D eigenvalue weighted by Crippen LogP contribution is 2.43. The quantitative estimate of drug-likeness (QED) is 0.185. The first-order valence-corrected chi connectivity index (χ1v) is 13.5. The molecule has 2 saturated heterocycles. The van der Waals surface area contributed by atoms with E-state index >= 15 is 0 Å². The summed E-state index contributed by atoms with van der Waals surface area (Å²) in [7, 11) is 1.39. The molecule has 0 unspecified atom stereocenters. The first-order valence-electron chi connectivity index (χ1n) is 13.5. The Balaban J connectivity index is 1.41. The molecule has 0 amide bonds. The van der Waals surface area contributed by atoms with Crippen LogP contribution in [0.1, 0.15) is 35.4 Å². The van der Waals surface area contributed by atoms with Crippen LogP contribution in [-0.4, -0.2) is 122 Å². The summed E-state index contributed by atoms with van der Waals surface area (Å²) in [4.78, 5) is 13.0. The summed E-state index contributed by atoms with van der Waals surface area (Å²) in [5.41, 5.74) is 0.352. The van der Waals surface area contributed by atoms with Crippen molar-refractivity contribution in [3.63, 3.8) is 0 Å². The molecule has 0 aromatic heterocycles. The number of methoxy groups -OCH3 is 1. The van der Waals surface area contributed by atoms with E-state index in [1.54, 1.807) is 6.07 Å². The van der Waals surface area contributed by atoms with E-state index < -0.39 is 85.7 Å². The average Bonchev–Trinajstić information content (AvgIpc) is 2.97. The number of fused-ring (bicyclic) bond motifs is 1. The van der Waals surface area contributed by atoms with Crippen LogP contribution in [0, 0.1) is 0 Å². The Bertz CT molecular complexity index is 1320. The van der Waals surface area contributed by atoms with Crippen LogP contribution in [0.2, 0.25) is 0 Å². The van der Waals surface area contributed by atoms with E-state index in [0.29, 0.717) is 5.56 Å². The molecule has 2 aromatic carbocycles. The molecule has 2 aromatic rings. The summed E-state index contributed by atoms with van der Waals surface area (Å²) >= 11 is 0. The number of benzene rings is 2. The fourth-order valence-electron chi connectivity index (χ4n) is 5.29. The lowest BCUT2D eigenvalue weighted by Gasteiger charge is -2.45. The molecule has 8 N–H and O–H groups in total. The number of aliphatic hydroxyl groups is 6. The molecule has 2 fully saturated rings. The monoisotopic (exact) mass is 610 g/mol. The van der Waals surface area contributed by atoms with Crippen molar-refractivity contribution in [1.82, 2.24) is 0 Å². The van der Waals surface area contributed by atoms with E-state index in [-0.39, 0.29) is 35.0 Å². The fourth-order valence-corrected chi connectivity index (χ4v) is 5.29. The molecule has 11 atom stereocenters. The van der Waals surface area contributed by atoms with Gasteiger partial charge < -0.3 is 69.3 Å². The standard InChI is InChI=1S/C28H34O15/c1-10-21(33)23(35)25(37)27(39-10)43-26-24(36)22(34)19(9-29)42-28(26)40-12-6-14(31)20-15(32)8-17(41-18(20)7-12)11-3-4-16(38-2)13(30)5-11/h3-7,10,17,19,21-31,33-37H,8-9H2,1-2H3/t10-,17-,19-,21-,22+,23-,24+,25-,26+,27-,28+/m0/s1. The Morgan fingerprint density at radius 2 is 1.63 bits per heavy atom. The van der Waals surface area contributed by atoms with Gasteiger partial charge in [0.1, 0.15) is 65.5 Å². The minimum absolute atomic E-state index is 0.0592. The molecule has 0 spiro atoms. The number of ether oxygens (including phenoxy) is 6. The van der Waals surface area contributed by atoms with Gasteiger partial charge in [-0.2, -0.15) is 0 Å². The number of Topliss-reactive ketones (excluding diaryl/α,β-unsaturated/α-hetero) is 1. The van der Waals surface area contributed by atoms with Gasteiger partial charge in [0, 0.05) is 12.1 Å². The van der Waals surface area contributed by atoms with Crippen LogP contribution in [0.4, 0.5) is 0 Å². The second-order valence-corrected chi connectivity index (χ2v) is 10.6. The molecular formula is C28H34O15.